The monoisotopic (exact) mass is 494 g/mol. The van der Waals surface area contributed by atoms with E-state index in [2.05, 4.69) is 5.32 Å². The average molecular weight is 495 g/mol. The third-order valence-electron chi connectivity index (χ3n) is 7.62. The zero-order valence-corrected chi connectivity index (χ0v) is 20.2. The minimum absolute atomic E-state index is 0.140. The van der Waals surface area contributed by atoms with Crippen molar-refractivity contribution in [1.82, 2.24) is 4.90 Å². The fourth-order valence-corrected chi connectivity index (χ4v) is 6.14. The number of amides is 3. The SMILES string of the molecule is Cc1ccc(NC(=O)COC(=O)[C@H](Cc2ccccc2)N2C(=O)[C@H]3[C@H]4CC[C@@H](C4)[C@@H]3C2=O)cc1Cl. The summed E-state index contributed by atoms with van der Waals surface area (Å²) in [6.45, 7) is 1.31. The van der Waals surface area contributed by atoms with E-state index < -0.39 is 24.5 Å². The number of rotatable bonds is 7. The predicted molar refractivity (Wildman–Crippen MR) is 129 cm³/mol. The van der Waals surface area contributed by atoms with Crippen LogP contribution < -0.4 is 5.32 Å². The number of benzene rings is 2. The normalized spacial score (nSPS) is 25.5. The van der Waals surface area contributed by atoms with Crippen molar-refractivity contribution in [2.75, 3.05) is 11.9 Å². The number of likely N-dealkylation sites (tertiary alicyclic amines) is 1. The van der Waals surface area contributed by atoms with Gasteiger partial charge in [0, 0.05) is 17.1 Å². The topological polar surface area (TPSA) is 92.8 Å². The van der Waals surface area contributed by atoms with Gasteiger partial charge in [-0.25, -0.2) is 4.79 Å². The molecule has 3 fully saturated rings. The van der Waals surface area contributed by atoms with E-state index >= 15 is 0 Å². The van der Waals surface area contributed by atoms with Gasteiger partial charge in [-0.05, 0) is 61.3 Å². The van der Waals surface area contributed by atoms with E-state index in [1.807, 2.05) is 37.3 Å². The molecule has 35 heavy (non-hydrogen) atoms. The fraction of sp³-hybridized carbons (Fsp3) is 0.407. The Morgan fingerprint density at radius 3 is 2.34 bits per heavy atom. The molecular formula is C27H27ClN2O5. The van der Waals surface area contributed by atoms with E-state index in [1.54, 1.807) is 18.2 Å². The van der Waals surface area contributed by atoms with Gasteiger partial charge in [0.15, 0.2) is 6.61 Å². The minimum atomic E-state index is -1.11. The molecule has 0 aromatic heterocycles. The summed E-state index contributed by atoms with van der Waals surface area (Å²) in [6, 6.07) is 13.2. The molecule has 2 aromatic carbocycles. The second-order valence-corrected chi connectivity index (χ2v) is 10.2. The molecule has 2 saturated carbocycles. The average Bonchev–Trinajstić information content (AvgIpc) is 3.53. The van der Waals surface area contributed by atoms with Crippen LogP contribution >= 0.6 is 11.6 Å². The summed E-state index contributed by atoms with van der Waals surface area (Å²) in [5.74, 6) is -2.08. The summed E-state index contributed by atoms with van der Waals surface area (Å²) in [5, 5.41) is 3.15. The standard InChI is InChI=1S/C27H27ClN2O5/c1-15-7-10-19(13-20(15)28)29-22(31)14-35-27(34)21(11-16-5-3-2-4-6-16)30-25(32)23-17-8-9-18(12-17)24(23)26(30)33/h2-7,10,13,17-18,21,23-24H,8-9,11-12,14H2,1H3,(H,29,31)/t17-,18-,21-,23-,24-/m0/s1. The lowest BCUT2D eigenvalue weighted by Crippen LogP contribution is -2.48. The van der Waals surface area contributed by atoms with Crippen molar-refractivity contribution in [3.63, 3.8) is 0 Å². The van der Waals surface area contributed by atoms with Crippen LogP contribution in [0.15, 0.2) is 48.5 Å². The Morgan fingerprint density at radius 1 is 1.06 bits per heavy atom. The Kier molecular flexibility index (Phi) is 6.36. The van der Waals surface area contributed by atoms with E-state index in [1.165, 1.54) is 0 Å². The number of esters is 1. The summed E-state index contributed by atoms with van der Waals surface area (Å²) in [4.78, 5) is 53.5. The first-order valence-electron chi connectivity index (χ1n) is 12.0. The Labute approximate surface area is 208 Å². The molecule has 1 N–H and O–H groups in total. The van der Waals surface area contributed by atoms with Gasteiger partial charge < -0.3 is 10.1 Å². The molecule has 3 aliphatic rings. The Balaban J connectivity index is 1.31. The summed E-state index contributed by atoms with van der Waals surface area (Å²) < 4.78 is 5.33. The van der Waals surface area contributed by atoms with Gasteiger partial charge in [-0.2, -0.15) is 0 Å². The van der Waals surface area contributed by atoms with E-state index in [0.29, 0.717) is 10.7 Å². The highest BCUT2D eigenvalue weighted by molar-refractivity contribution is 6.31. The van der Waals surface area contributed by atoms with Crippen LogP contribution in [0.1, 0.15) is 30.4 Å². The molecule has 0 unspecified atom stereocenters. The van der Waals surface area contributed by atoms with Crippen molar-refractivity contribution >= 4 is 41.0 Å². The first kappa shape index (κ1) is 23.5. The van der Waals surface area contributed by atoms with Crippen molar-refractivity contribution < 1.29 is 23.9 Å². The maximum Gasteiger partial charge on any atom is 0.330 e. The van der Waals surface area contributed by atoms with Crippen LogP contribution in [0.5, 0.6) is 0 Å². The number of aryl methyl sites for hydroxylation is 1. The number of carbonyl (C=O) groups excluding carboxylic acids is 4. The number of fused-ring (bicyclic) bond motifs is 5. The lowest BCUT2D eigenvalue weighted by atomic mass is 9.81. The molecule has 182 valence electrons. The summed E-state index contributed by atoms with van der Waals surface area (Å²) in [6.07, 6.45) is 2.96. The van der Waals surface area contributed by atoms with Crippen LogP contribution in [-0.4, -0.2) is 41.2 Å². The molecule has 2 aliphatic carbocycles. The molecule has 1 aliphatic heterocycles. The smallest absolute Gasteiger partial charge is 0.330 e. The molecule has 0 spiro atoms. The number of anilines is 1. The molecule has 0 radical (unpaired) electrons. The van der Waals surface area contributed by atoms with Crippen LogP contribution in [-0.2, 0) is 30.3 Å². The van der Waals surface area contributed by atoms with Gasteiger partial charge >= 0.3 is 5.97 Å². The third-order valence-corrected chi connectivity index (χ3v) is 8.03. The number of carbonyl (C=O) groups is 4. The molecule has 1 saturated heterocycles. The van der Waals surface area contributed by atoms with Gasteiger partial charge in [0.05, 0.1) is 11.8 Å². The summed E-state index contributed by atoms with van der Waals surface area (Å²) in [7, 11) is 0. The van der Waals surface area contributed by atoms with Crippen LogP contribution in [0.3, 0.4) is 0 Å². The number of hydrogen-bond donors (Lipinski definition) is 1. The van der Waals surface area contributed by atoms with E-state index in [-0.39, 0.29) is 41.9 Å². The minimum Gasteiger partial charge on any atom is -0.454 e. The molecule has 5 atom stereocenters. The molecule has 1 heterocycles. The highest BCUT2D eigenvalue weighted by Gasteiger charge is 2.62. The van der Waals surface area contributed by atoms with Crippen LogP contribution in [0.25, 0.3) is 0 Å². The van der Waals surface area contributed by atoms with Crippen molar-refractivity contribution in [2.24, 2.45) is 23.7 Å². The van der Waals surface area contributed by atoms with Gasteiger partial charge in [-0.15, -0.1) is 0 Å². The van der Waals surface area contributed by atoms with E-state index in [0.717, 1.165) is 35.3 Å². The Morgan fingerprint density at radius 2 is 1.71 bits per heavy atom. The third kappa shape index (κ3) is 4.45. The maximum atomic E-state index is 13.4. The van der Waals surface area contributed by atoms with Crippen LogP contribution in [0, 0.1) is 30.6 Å². The van der Waals surface area contributed by atoms with Crippen molar-refractivity contribution in [3.05, 3.63) is 64.7 Å². The van der Waals surface area contributed by atoms with Gasteiger partial charge in [0.2, 0.25) is 11.8 Å². The van der Waals surface area contributed by atoms with Gasteiger partial charge in [0.1, 0.15) is 6.04 Å². The Hall–Kier alpha value is -3.19. The first-order valence-corrected chi connectivity index (χ1v) is 12.3. The van der Waals surface area contributed by atoms with Crippen LogP contribution in [0.2, 0.25) is 5.02 Å². The lowest BCUT2D eigenvalue weighted by molar-refractivity contribution is -0.160. The molecule has 8 heteroatoms. The van der Waals surface area contributed by atoms with E-state index in [9.17, 15) is 19.2 Å². The molecule has 3 amide bonds. The highest BCUT2D eigenvalue weighted by Crippen LogP contribution is 2.56. The summed E-state index contributed by atoms with van der Waals surface area (Å²) in [5.41, 5.74) is 2.16. The lowest BCUT2D eigenvalue weighted by Gasteiger charge is -2.26. The molecule has 7 nitrogen and oxygen atoms in total. The first-order chi connectivity index (χ1) is 16.8. The largest absolute Gasteiger partial charge is 0.454 e. The number of halogens is 1. The second kappa shape index (κ2) is 9.46. The van der Waals surface area contributed by atoms with Crippen molar-refractivity contribution in [2.45, 2.75) is 38.6 Å². The van der Waals surface area contributed by atoms with Crippen molar-refractivity contribution in [1.29, 1.82) is 0 Å². The number of nitrogens with one attached hydrogen (secondary N) is 1. The number of hydrogen-bond acceptors (Lipinski definition) is 5. The molecule has 2 aromatic rings. The molecule has 2 bridgehead atoms. The van der Waals surface area contributed by atoms with Crippen molar-refractivity contribution in [3.8, 4) is 0 Å². The summed E-state index contributed by atoms with van der Waals surface area (Å²) >= 11 is 6.10. The highest BCUT2D eigenvalue weighted by atomic mass is 35.5. The zero-order valence-electron chi connectivity index (χ0n) is 19.4. The zero-order chi connectivity index (χ0) is 24.7. The number of nitrogens with zero attached hydrogens (tertiary/aromatic N) is 1. The van der Waals surface area contributed by atoms with Gasteiger partial charge in [0.25, 0.3) is 5.91 Å². The Bertz CT molecular complexity index is 1160. The maximum absolute atomic E-state index is 13.4. The predicted octanol–water partition coefficient (Wildman–Crippen LogP) is 3.77. The second-order valence-electron chi connectivity index (χ2n) is 9.76. The van der Waals surface area contributed by atoms with Gasteiger partial charge in [-0.3, -0.25) is 19.3 Å². The number of imide groups is 1. The molecule has 5 rings (SSSR count). The van der Waals surface area contributed by atoms with Gasteiger partial charge in [-0.1, -0.05) is 48.0 Å². The van der Waals surface area contributed by atoms with E-state index in [4.69, 9.17) is 16.3 Å². The quantitative estimate of drug-likeness (QED) is 0.467. The van der Waals surface area contributed by atoms with Crippen LogP contribution in [0.4, 0.5) is 5.69 Å². The molecular weight excluding hydrogens is 468 g/mol. The fourth-order valence-electron chi connectivity index (χ4n) is 5.96. The number of ether oxygens (including phenoxy) is 1.